The Morgan fingerprint density at radius 2 is 2.08 bits per heavy atom. The monoisotopic (exact) mass is 327 g/mol. The van der Waals surface area contributed by atoms with Crippen molar-refractivity contribution in [3.63, 3.8) is 0 Å². The number of hydrogen-bond donors (Lipinski definition) is 0. The van der Waals surface area contributed by atoms with Gasteiger partial charge < -0.3 is 4.90 Å². The first-order chi connectivity index (χ1) is 11.5. The second kappa shape index (κ2) is 6.71. The van der Waals surface area contributed by atoms with E-state index in [-0.39, 0.29) is 18.0 Å². The summed E-state index contributed by atoms with van der Waals surface area (Å²) in [5.41, 5.74) is 2.78. The lowest BCUT2D eigenvalue weighted by Crippen LogP contribution is -2.37. The largest absolute Gasteiger partial charge is 0.333 e. The molecule has 0 aromatic carbocycles. The van der Waals surface area contributed by atoms with Gasteiger partial charge in [0.25, 0.3) is 0 Å². The van der Waals surface area contributed by atoms with E-state index in [0.717, 1.165) is 48.7 Å². The van der Waals surface area contributed by atoms with Crippen LogP contribution in [0.3, 0.4) is 0 Å². The molecule has 1 atom stereocenters. The van der Waals surface area contributed by atoms with Crippen LogP contribution in [0.4, 0.5) is 0 Å². The number of piperidine rings is 1. The maximum Gasteiger partial charge on any atom is 0.220 e. The average Bonchev–Trinajstić information content (AvgIpc) is 3.04. The van der Waals surface area contributed by atoms with Gasteiger partial charge >= 0.3 is 0 Å². The number of carbonyl (C=O) groups is 1. The van der Waals surface area contributed by atoms with Crippen LogP contribution in [-0.2, 0) is 4.79 Å². The van der Waals surface area contributed by atoms with E-state index < -0.39 is 0 Å². The molecular weight excluding hydrogens is 302 g/mol. The topological polar surface area (TPSA) is 63.9 Å². The minimum atomic E-state index is -0.0229. The van der Waals surface area contributed by atoms with Crippen LogP contribution in [0.1, 0.15) is 63.6 Å². The second-order valence-corrected chi connectivity index (χ2v) is 6.73. The Bertz CT molecular complexity index is 737. The first kappa shape index (κ1) is 16.6. The van der Waals surface area contributed by atoms with Gasteiger partial charge in [-0.2, -0.15) is 5.10 Å². The van der Waals surface area contributed by atoms with Crippen molar-refractivity contribution in [2.24, 2.45) is 0 Å². The highest BCUT2D eigenvalue weighted by Gasteiger charge is 2.28. The van der Waals surface area contributed by atoms with Crippen molar-refractivity contribution in [3.05, 3.63) is 29.8 Å². The molecule has 2 aromatic rings. The van der Waals surface area contributed by atoms with E-state index in [1.165, 1.54) is 0 Å². The Hall–Kier alpha value is -2.24. The number of aryl methyl sites for hydroxylation is 1. The number of amides is 1. The van der Waals surface area contributed by atoms with Crippen molar-refractivity contribution in [3.8, 4) is 11.4 Å². The zero-order valence-corrected chi connectivity index (χ0v) is 14.9. The van der Waals surface area contributed by atoms with Gasteiger partial charge in [-0.15, -0.1) is 0 Å². The number of hydrogen-bond acceptors (Lipinski definition) is 4. The minimum Gasteiger partial charge on any atom is -0.333 e. The standard InChI is InChI=1S/C18H25N5O/c1-12(2)23-16(8-9-19-23)15-11-13(3)20-18(21-15)17-7-5-6-10-22(17)14(4)24/h8-9,11-12,17H,5-7,10H2,1-4H3/t17-/m1/s1. The normalized spacial score (nSPS) is 18.2. The average molecular weight is 327 g/mol. The Morgan fingerprint density at radius 3 is 2.79 bits per heavy atom. The van der Waals surface area contributed by atoms with Gasteiger partial charge in [-0.1, -0.05) is 0 Å². The highest BCUT2D eigenvalue weighted by Crippen LogP contribution is 2.30. The van der Waals surface area contributed by atoms with Gasteiger partial charge in [0.15, 0.2) is 5.82 Å². The summed E-state index contributed by atoms with van der Waals surface area (Å²) in [5.74, 6) is 0.843. The predicted octanol–water partition coefficient (Wildman–Crippen LogP) is 3.30. The summed E-state index contributed by atoms with van der Waals surface area (Å²) in [6, 6.07) is 4.21. The van der Waals surface area contributed by atoms with E-state index in [2.05, 4.69) is 23.9 Å². The molecule has 0 saturated carbocycles. The number of likely N-dealkylation sites (tertiary alicyclic amines) is 1. The molecule has 3 rings (SSSR count). The highest BCUT2D eigenvalue weighted by atomic mass is 16.2. The number of nitrogens with zero attached hydrogens (tertiary/aromatic N) is 5. The van der Waals surface area contributed by atoms with Gasteiger partial charge in [-0.3, -0.25) is 9.48 Å². The van der Waals surface area contributed by atoms with Crippen molar-refractivity contribution in [2.45, 2.75) is 59.0 Å². The molecule has 128 valence electrons. The van der Waals surface area contributed by atoms with Gasteiger partial charge in [0, 0.05) is 31.4 Å². The van der Waals surface area contributed by atoms with Crippen LogP contribution in [0.5, 0.6) is 0 Å². The fraction of sp³-hybridized carbons (Fsp3) is 0.556. The fourth-order valence-corrected chi connectivity index (χ4v) is 3.38. The fourth-order valence-electron chi connectivity index (χ4n) is 3.38. The predicted molar refractivity (Wildman–Crippen MR) is 92.4 cm³/mol. The van der Waals surface area contributed by atoms with Gasteiger partial charge in [0.05, 0.1) is 17.4 Å². The van der Waals surface area contributed by atoms with Crippen molar-refractivity contribution < 1.29 is 4.79 Å². The molecule has 0 radical (unpaired) electrons. The smallest absolute Gasteiger partial charge is 0.220 e. The maximum atomic E-state index is 12.0. The van der Waals surface area contributed by atoms with Crippen LogP contribution >= 0.6 is 0 Å². The maximum absolute atomic E-state index is 12.0. The molecule has 0 aliphatic carbocycles. The van der Waals surface area contributed by atoms with Gasteiger partial charge in [-0.05, 0) is 52.2 Å². The highest BCUT2D eigenvalue weighted by molar-refractivity contribution is 5.73. The first-order valence-corrected chi connectivity index (χ1v) is 8.64. The molecule has 24 heavy (non-hydrogen) atoms. The Kier molecular flexibility index (Phi) is 4.64. The van der Waals surface area contributed by atoms with Crippen LogP contribution in [-0.4, -0.2) is 37.1 Å². The lowest BCUT2D eigenvalue weighted by Gasteiger charge is -2.34. The number of carbonyl (C=O) groups excluding carboxylic acids is 1. The van der Waals surface area contributed by atoms with E-state index in [1.807, 2.05) is 28.6 Å². The molecule has 6 heteroatoms. The van der Waals surface area contributed by atoms with Crippen molar-refractivity contribution in [1.29, 1.82) is 0 Å². The van der Waals surface area contributed by atoms with Gasteiger partial charge in [0.2, 0.25) is 5.91 Å². The molecule has 1 aliphatic heterocycles. The summed E-state index contributed by atoms with van der Waals surface area (Å²) in [6.07, 6.45) is 4.88. The summed E-state index contributed by atoms with van der Waals surface area (Å²) in [4.78, 5) is 23.3. The van der Waals surface area contributed by atoms with Gasteiger partial charge in [-0.25, -0.2) is 9.97 Å². The van der Waals surface area contributed by atoms with E-state index in [9.17, 15) is 4.79 Å². The lowest BCUT2D eigenvalue weighted by atomic mass is 10.0. The lowest BCUT2D eigenvalue weighted by molar-refractivity contribution is -0.132. The molecule has 3 heterocycles. The third-order valence-corrected chi connectivity index (χ3v) is 4.50. The van der Waals surface area contributed by atoms with Crippen LogP contribution in [0.25, 0.3) is 11.4 Å². The molecule has 0 spiro atoms. The van der Waals surface area contributed by atoms with Crippen LogP contribution in [0.15, 0.2) is 18.3 Å². The van der Waals surface area contributed by atoms with E-state index in [0.29, 0.717) is 0 Å². The van der Waals surface area contributed by atoms with Crippen LogP contribution in [0.2, 0.25) is 0 Å². The third-order valence-electron chi connectivity index (χ3n) is 4.50. The molecule has 0 N–H and O–H groups in total. The summed E-state index contributed by atoms with van der Waals surface area (Å²) in [7, 11) is 0. The molecular formula is C18H25N5O. The Balaban J connectivity index is 2.03. The van der Waals surface area contributed by atoms with E-state index in [4.69, 9.17) is 4.98 Å². The summed E-state index contributed by atoms with van der Waals surface area (Å²) in [5, 5.41) is 4.40. The van der Waals surface area contributed by atoms with Crippen molar-refractivity contribution >= 4 is 5.91 Å². The zero-order valence-electron chi connectivity index (χ0n) is 14.9. The molecule has 1 aliphatic rings. The Morgan fingerprint density at radius 1 is 1.29 bits per heavy atom. The second-order valence-electron chi connectivity index (χ2n) is 6.73. The third kappa shape index (κ3) is 3.18. The molecule has 2 aromatic heterocycles. The molecule has 1 amide bonds. The SMILES string of the molecule is CC(=O)N1CCCC[C@@H]1c1nc(C)cc(-c2ccnn2C(C)C)n1. The minimum absolute atomic E-state index is 0.0229. The zero-order chi connectivity index (χ0) is 17.3. The molecule has 6 nitrogen and oxygen atoms in total. The van der Waals surface area contributed by atoms with Crippen LogP contribution in [0, 0.1) is 6.92 Å². The van der Waals surface area contributed by atoms with Crippen LogP contribution < -0.4 is 0 Å². The molecule has 0 unspecified atom stereocenters. The molecule has 1 saturated heterocycles. The van der Waals surface area contributed by atoms with E-state index >= 15 is 0 Å². The number of rotatable bonds is 3. The molecule has 0 bridgehead atoms. The summed E-state index contributed by atoms with van der Waals surface area (Å²) in [6.45, 7) is 8.60. The summed E-state index contributed by atoms with van der Waals surface area (Å²) < 4.78 is 1.97. The van der Waals surface area contributed by atoms with Gasteiger partial charge in [0.1, 0.15) is 0 Å². The van der Waals surface area contributed by atoms with E-state index in [1.54, 1.807) is 13.1 Å². The first-order valence-electron chi connectivity index (χ1n) is 8.64. The summed E-state index contributed by atoms with van der Waals surface area (Å²) >= 11 is 0. The van der Waals surface area contributed by atoms with Crippen molar-refractivity contribution in [2.75, 3.05) is 6.54 Å². The number of aromatic nitrogens is 4. The molecule has 1 fully saturated rings. The Labute approximate surface area is 142 Å². The quantitative estimate of drug-likeness (QED) is 0.867. The van der Waals surface area contributed by atoms with Crippen molar-refractivity contribution in [1.82, 2.24) is 24.6 Å².